The average molecular weight is 227 g/mol. The zero-order chi connectivity index (χ0) is 11.6. The summed E-state index contributed by atoms with van der Waals surface area (Å²) in [5.41, 5.74) is 5.19. The minimum Gasteiger partial charge on any atom is -0.302 e. The Hall–Kier alpha value is -1.35. The van der Waals surface area contributed by atoms with E-state index in [2.05, 4.69) is 41.6 Å². The molecule has 2 aromatic heterocycles. The standard InChI is InChI=1S/C14H17N3/c1-9-5-6-17-13(7-9)15-11-8-10-3-4-12(14(11)17)16(10)2/h5-7,10,12H,3-4,8H2,1-2H3. The molecular formula is C14H17N3. The maximum absolute atomic E-state index is 4.83. The third kappa shape index (κ3) is 1.18. The highest BCUT2D eigenvalue weighted by molar-refractivity contribution is 5.47. The molecule has 0 N–H and O–H groups in total. The topological polar surface area (TPSA) is 20.5 Å². The highest BCUT2D eigenvalue weighted by Crippen LogP contribution is 2.42. The van der Waals surface area contributed by atoms with Gasteiger partial charge in [-0.1, -0.05) is 0 Å². The minimum atomic E-state index is 0.585. The Balaban J connectivity index is 2.00. The van der Waals surface area contributed by atoms with Crippen molar-refractivity contribution in [2.24, 2.45) is 0 Å². The third-order valence-electron chi connectivity index (χ3n) is 4.48. The molecule has 2 aromatic rings. The Morgan fingerprint density at radius 2 is 2.24 bits per heavy atom. The van der Waals surface area contributed by atoms with Gasteiger partial charge < -0.3 is 4.40 Å². The molecule has 3 heteroatoms. The van der Waals surface area contributed by atoms with Gasteiger partial charge in [0.15, 0.2) is 0 Å². The fourth-order valence-corrected chi connectivity index (χ4v) is 3.53. The lowest BCUT2D eigenvalue weighted by Crippen LogP contribution is -2.34. The second-order valence-corrected chi connectivity index (χ2v) is 5.49. The Morgan fingerprint density at radius 1 is 1.35 bits per heavy atom. The molecule has 3 nitrogen and oxygen atoms in total. The van der Waals surface area contributed by atoms with E-state index in [1.165, 1.54) is 29.8 Å². The van der Waals surface area contributed by atoms with Crippen molar-refractivity contribution < 1.29 is 0 Å². The number of aromatic nitrogens is 2. The van der Waals surface area contributed by atoms with Crippen LogP contribution in [0.4, 0.5) is 0 Å². The lowest BCUT2D eigenvalue weighted by Gasteiger charge is -2.30. The molecule has 1 saturated heterocycles. The molecule has 0 amide bonds. The molecule has 2 aliphatic heterocycles. The monoisotopic (exact) mass is 227 g/mol. The van der Waals surface area contributed by atoms with Gasteiger partial charge in [0, 0.05) is 18.7 Å². The fourth-order valence-electron chi connectivity index (χ4n) is 3.53. The summed E-state index contributed by atoms with van der Waals surface area (Å²) in [6.07, 6.45) is 5.92. The molecule has 17 heavy (non-hydrogen) atoms. The van der Waals surface area contributed by atoms with Crippen molar-refractivity contribution in [3.63, 3.8) is 0 Å². The van der Waals surface area contributed by atoms with Gasteiger partial charge in [-0.2, -0.15) is 0 Å². The molecule has 0 aromatic carbocycles. The lowest BCUT2D eigenvalue weighted by molar-refractivity contribution is 0.218. The molecule has 1 fully saturated rings. The van der Waals surface area contributed by atoms with Crippen LogP contribution in [0.15, 0.2) is 18.3 Å². The number of rotatable bonds is 0. The van der Waals surface area contributed by atoms with Gasteiger partial charge in [-0.15, -0.1) is 0 Å². The van der Waals surface area contributed by atoms with E-state index in [-0.39, 0.29) is 0 Å². The van der Waals surface area contributed by atoms with Crippen molar-refractivity contribution in [1.29, 1.82) is 0 Å². The summed E-state index contributed by atoms with van der Waals surface area (Å²) < 4.78 is 2.30. The quantitative estimate of drug-likeness (QED) is 0.688. The highest BCUT2D eigenvalue weighted by atomic mass is 15.2. The van der Waals surface area contributed by atoms with Gasteiger partial charge >= 0.3 is 0 Å². The van der Waals surface area contributed by atoms with E-state index in [0.29, 0.717) is 6.04 Å². The van der Waals surface area contributed by atoms with Crippen molar-refractivity contribution in [2.75, 3.05) is 7.05 Å². The van der Waals surface area contributed by atoms with Gasteiger partial charge in [-0.25, -0.2) is 4.98 Å². The summed E-state index contributed by atoms with van der Waals surface area (Å²) >= 11 is 0. The smallest absolute Gasteiger partial charge is 0.137 e. The molecule has 0 saturated carbocycles. The van der Waals surface area contributed by atoms with Crippen molar-refractivity contribution in [1.82, 2.24) is 14.3 Å². The maximum Gasteiger partial charge on any atom is 0.137 e. The SMILES string of the molecule is Cc1ccn2c3c(nc2c1)CC1CCC3N1C. The van der Waals surface area contributed by atoms with Crippen molar-refractivity contribution in [3.8, 4) is 0 Å². The van der Waals surface area contributed by atoms with E-state index in [0.717, 1.165) is 18.1 Å². The molecule has 4 heterocycles. The number of hydrogen-bond acceptors (Lipinski definition) is 2. The number of imidazole rings is 1. The van der Waals surface area contributed by atoms with E-state index in [1.807, 2.05) is 0 Å². The second kappa shape index (κ2) is 3.10. The Labute approximate surface area is 101 Å². The van der Waals surface area contributed by atoms with Gasteiger partial charge in [0.1, 0.15) is 5.65 Å². The van der Waals surface area contributed by atoms with E-state index in [1.54, 1.807) is 0 Å². The summed E-state index contributed by atoms with van der Waals surface area (Å²) in [7, 11) is 2.26. The molecule has 0 aliphatic carbocycles. The van der Waals surface area contributed by atoms with Gasteiger partial charge in [-0.3, -0.25) is 4.90 Å². The summed E-state index contributed by atoms with van der Waals surface area (Å²) in [4.78, 5) is 7.36. The normalized spacial score (nSPS) is 27.6. The van der Waals surface area contributed by atoms with Crippen LogP contribution in [-0.2, 0) is 6.42 Å². The van der Waals surface area contributed by atoms with Crippen LogP contribution in [0.2, 0.25) is 0 Å². The largest absolute Gasteiger partial charge is 0.302 e. The Bertz CT molecular complexity index is 599. The van der Waals surface area contributed by atoms with E-state index >= 15 is 0 Å². The molecule has 88 valence electrons. The highest BCUT2D eigenvalue weighted by Gasteiger charge is 2.40. The van der Waals surface area contributed by atoms with Crippen LogP contribution in [0.1, 0.15) is 35.8 Å². The first-order valence-electron chi connectivity index (χ1n) is 6.43. The summed E-state index contributed by atoms with van der Waals surface area (Å²) in [5, 5.41) is 0. The minimum absolute atomic E-state index is 0.585. The van der Waals surface area contributed by atoms with Gasteiger partial charge in [0.05, 0.1) is 17.4 Å². The summed E-state index contributed by atoms with van der Waals surface area (Å²) in [6, 6.07) is 5.67. The lowest BCUT2D eigenvalue weighted by atomic mass is 10.0. The van der Waals surface area contributed by atoms with Crippen LogP contribution < -0.4 is 0 Å². The third-order valence-corrected chi connectivity index (χ3v) is 4.48. The van der Waals surface area contributed by atoms with Crippen LogP contribution in [0.3, 0.4) is 0 Å². The molecule has 4 rings (SSSR count). The molecule has 2 aliphatic rings. The molecule has 2 bridgehead atoms. The van der Waals surface area contributed by atoms with Gasteiger partial charge in [0.2, 0.25) is 0 Å². The van der Waals surface area contributed by atoms with Crippen molar-refractivity contribution in [2.45, 2.75) is 38.3 Å². The van der Waals surface area contributed by atoms with Crippen LogP contribution in [0, 0.1) is 6.92 Å². The molecule has 0 spiro atoms. The van der Waals surface area contributed by atoms with Crippen LogP contribution in [0.25, 0.3) is 5.65 Å². The van der Waals surface area contributed by atoms with Crippen LogP contribution in [-0.4, -0.2) is 27.4 Å². The number of hydrogen-bond donors (Lipinski definition) is 0. The number of fused-ring (bicyclic) bond motifs is 6. The Kier molecular flexibility index (Phi) is 1.76. The number of aryl methyl sites for hydroxylation is 1. The predicted octanol–water partition coefficient (Wildman–Crippen LogP) is 2.33. The first-order valence-corrected chi connectivity index (χ1v) is 6.43. The number of pyridine rings is 1. The molecule has 2 atom stereocenters. The van der Waals surface area contributed by atoms with Gasteiger partial charge in [0.25, 0.3) is 0 Å². The van der Waals surface area contributed by atoms with E-state index in [9.17, 15) is 0 Å². The second-order valence-electron chi connectivity index (χ2n) is 5.49. The van der Waals surface area contributed by atoms with Crippen molar-refractivity contribution >= 4 is 5.65 Å². The van der Waals surface area contributed by atoms with Crippen LogP contribution in [0.5, 0.6) is 0 Å². The zero-order valence-electron chi connectivity index (χ0n) is 10.3. The van der Waals surface area contributed by atoms with Gasteiger partial charge in [-0.05, 0) is 44.5 Å². The van der Waals surface area contributed by atoms with Crippen LogP contribution >= 0.6 is 0 Å². The van der Waals surface area contributed by atoms with E-state index < -0.39 is 0 Å². The number of nitrogens with zero attached hydrogens (tertiary/aromatic N) is 3. The fraction of sp³-hybridized carbons (Fsp3) is 0.500. The predicted molar refractivity (Wildman–Crippen MR) is 67.2 cm³/mol. The average Bonchev–Trinajstić information content (AvgIpc) is 2.75. The molecule has 2 unspecified atom stereocenters. The Morgan fingerprint density at radius 3 is 3.12 bits per heavy atom. The van der Waals surface area contributed by atoms with Crippen molar-refractivity contribution in [3.05, 3.63) is 35.3 Å². The molecular weight excluding hydrogens is 210 g/mol. The maximum atomic E-state index is 4.83. The molecule has 0 radical (unpaired) electrons. The summed E-state index contributed by atoms with van der Waals surface area (Å²) in [6.45, 7) is 2.13. The van der Waals surface area contributed by atoms with E-state index in [4.69, 9.17) is 4.98 Å². The summed E-state index contributed by atoms with van der Waals surface area (Å²) in [5.74, 6) is 0. The number of likely N-dealkylation sites (N-methyl/N-ethyl adjacent to an activating group) is 1. The first-order chi connectivity index (χ1) is 8.24. The first kappa shape index (κ1) is 9.66. The zero-order valence-corrected chi connectivity index (χ0v) is 10.3.